The lowest BCUT2D eigenvalue weighted by Crippen LogP contribution is -2.27. The van der Waals surface area contributed by atoms with E-state index >= 15 is 0 Å². The Morgan fingerprint density at radius 1 is 1.35 bits per heavy atom. The molecule has 2 aromatic rings. The highest BCUT2D eigenvalue weighted by molar-refractivity contribution is 5.80. The van der Waals surface area contributed by atoms with Gasteiger partial charge in [-0.05, 0) is 23.1 Å². The van der Waals surface area contributed by atoms with Crippen LogP contribution in [0.3, 0.4) is 0 Å². The number of benzene rings is 1. The number of H-pyrrole nitrogens is 1. The molecule has 1 aliphatic rings. The monoisotopic (exact) mass is 308 g/mol. The van der Waals surface area contributed by atoms with Gasteiger partial charge in [-0.25, -0.2) is 0 Å². The number of amides is 1. The number of fused-ring (bicyclic) bond motifs is 1. The van der Waals surface area contributed by atoms with Crippen LogP contribution in [0, 0.1) is 12.3 Å². The Bertz CT molecular complexity index is 778. The van der Waals surface area contributed by atoms with Gasteiger partial charge in [-0.2, -0.15) is 10.2 Å². The van der Waals surface area contributed by atoms with Crippen molar-refractivity contribution in [3.05, 3.63) is 36.0 Å². The number of nitrogens with one attached hydrogen (secondary N) is 1. The summed E-state index contributed by atoms with van der Waals surface area (Å²) in [5, 5.41) is 9.32. The molecule has 0 saturated carbocycles. The first-order valence-electron chi connectivity index (χ1n) is 7.79. The number of hydrogen-bond donors (Lipinski definition) is 1. The number of carbonyl (C=O) groups excluding carboxylic acids is 1. The van der Waals surface area contributed by atoms with E-state index in [0.29, 0.717) is 25.8 Å². The fourth-order valence-electron chi connectivity index (χ4n) is 2.72. The minimum absolute atomic E-state index is 0.106. The molecule has 1 aliphatic heterocycles. The van der Waals surface area contributed by atoms with Crippen LogP contribution in [0.1, 0.15) is 31.2 Å². The van der Waals surface area contributed by atoms with E-state index in [2.05, 4.69) is 39.3 Å². The summed E-state index contributed by atoms with van der Waals surface area (Å²) >= 11 is 0. The molecule has 0 aliphatic carbocycles. The normalized spacial score (nSPS) is 14.6. The van der Waals surface area contributed by atoms with E-state index in [1.807, 2.05) is 19.3 Å². The van der Waals surface area contributed by atoms with E-state index in [1.54, 1.807) is 4.90 Å². The number of rotatable bonds is 7. The maximum Gasteiger partial charge on any atom is 0.222 e. The third-order valence-electron chi connectivity index (χ3n) is 4.26. The molecule has 23 heavy (non-hydrogen) atoms. The van der Waals surface area contributed by atoms with Gasteiger partial charge in [-0.15, -0.1) is 12.3 Å². The second-order valence-corrected chi connectivity index (χ2v) is 6.04. The smallest absolute Gasteiger partial charge is 0.222 e. The molecule has 0 fully saturated rings. The Balaban J connectivity index is 1.52. The van der Waals surface area contributed by atoms with Crippen LogP contribution in [0.2, 0.25) is 0 Å². The molecule has 1 aromatic heterocycles. The van der Waals surface area contributed by atoms with E-state index in [4.69, 9.17) is 6.42 Å². The summed E-state index contributed by atoms with van der Waals surface area (Å²) in [6, 6.07) is 8.24. The highest BCUT2D eigenvalue weighted by atomic mass is 16.2. The fraction of sp³-hybridized carbons (Fsp3) is 0.389. The first kappa shape index (κ1) is 15.3. The van der Waals surface area contributed by atoms with Crippen molar-refractivity contribution in [1.82, 2.24) is 9.88 Å². The van der Waals surface area contributed by atoms with Crippen LogP contribution in [0.15, 0.2) is 40.7 Å². The van der Waals surface area contributed by atoms with Gasteiger partial charge in [0.25, 0.3) is 0 Å². The molecule has 0 radical (unpaired) electrons. The number of aromatic nitrogens is 1. The van der Waals surface area contributed by atoms with Gasteiger partial charge in [0.2, 0.25) is 5.91 Å². The molecule has 5 heteroatoms. The maximum atomic E-state index is 12.3. The molecular weight excluding hydrogens is 288 g/mol. The highest BCUT2D eigenvalue weighted by Crippen LogP contribution is 2.37. The summed E-state index contributed by atoms with van der Waals surface area (Å²) in [7, 11) is 1.83. The lowest BCUT2D eigenvalue weighted by Gasteiger charge is -2.18. The summed E-state index contributed by atoms with van der Waals surface area (Å²) in [5.41, 5.74) is 1.82. The summed E-state index contributed by atoms with van der Waals surface area (Å²) in [4.78, 5) is 17.2. The number of nitrogens with zero attached hydrogens (tertiary/aromatic N) is 3. The van der Waals surface area contributed by atoms with E-state index in [1.165, 1.54) is 5.39 Å². The van der Waals surface area contributed by atoms with Gasteiger partial charge in [0.15, 0.2) is 5.66 Å². The molecule has 0 bridgehead atoms. The molecule has 2 heterocycles. The average molecular weight is 308 g/mol. The zero-order chi connectivity index (χ0) is 16.3. The summed E-state index contributed by atoms with van der Waals surface area (Å²) < 4.78 is 0. The zero-order valence-corrected chi connectivity index (χ0v) is 13.2. The van der Waals surface area contributed by atoms with Gasteiger partial charge in [0.1, 0.15) is 0 Å². The lowest BCUT2D eigenvalue weighted by atomic mass is 10.0. The van der Waals surface area contributed by atoms with E-state index in [0.717, 1.165) is 17.5 Å². The first-order chi connectivity index (χ1) is 11.1. The maximum absolute atomic E-state index is 12.3. The van der Waals surface area contributed by atoms with Crippen LogP contribution in [0.4, 0.5) is 0 Å². The minimum Gasteiger partial charge on any atom is -0.361 e. The van der Waals surface area contributed by atoms with Gasteiger partial charge in [0, 0.05) is 51.0 Å². The van der Waals surface area contributed by atoms with Gasteiger partial charge in [-0.1, -0.05) is 12.1 Å². The molecule has 1 N–H and O–H groups in total. The second kappa shape index (κ2) is 6.25. The standard InChI is InChI=1S/C18H20N4O/c1-3-4-9-18(20-21-18)10-7-17(23)22(2)13-14-5-6-15-8-11-19-16(15)12-14/h1,5-6,8,11-12,19H,4,7,9-10,13H2,2H3. The molecule has 118 valence electrons. The SMILES string of the molecule is C#CCCC1(CCC(=O)N(C)Cc2ccc3cc[nH]c3c2)N=N1. The number of hydrogen-bond acceptors (Lipinski definition) is 3. The van der Waals surface area contributed by atoms with Crippen LogP contribution in [-0.4, -0.2) is 28.5 Å². The summed E-state index contributed by atoms with van der Waals surface area (Å²) in [6.07, 6.45) is 9.67. The number of aromatic amines is 1. The largest absolute Gasteiger partial charge is 0.361 e. The van der Waals surface area contributed by atoms with E-state index in [9.17, 15) is 4.79 Å². The predicted octanol–water partition coefficient (Wildman–Crippen LogP) is 3.48. The molecule has 1 aromatic carbocycles. The Labute approximate surface area is 135 Å². The van der Waals surface area contributed by atoms with Crippen molar-refractivity contribution >= 4 is 16.8 Å². The minimum atomic E-state index is -0.383. The number of terminal acetylenes is 1. The second-order valence-electron chi connectivity index (χ2n) is 6.04. The third-order valence-corrected chi connectivity index (χ3v) is 4.26. The Morgan fingerprint density at radius 2 is 2.17 bits per heavy atom. The summed E-state index contributed by atoms with van der Waals surface area (Å²) in [6.45, 7) is 0.597. The van der Waals surface area contributed by atoms with Gasteiger partial charge in [-0.3, -0.25) is 4.79 Å². The van der Waals surface area contributed by atoms with Crippen molar-refractivity contribution in [2.75, 3.05) is 7.05 Å². The van der Waals surface area contributed by atoms with Gasteiger partial charge in [0.05, 0.1) is 0 Å². The van der Waals surface area contributed by atoms with Crippen LogP contribution < -0.4 is 0 Å². The average Bonchev–Trinajstić information content (AvgIpc) is 3.18. The van der Waals surface area contributed by atoms with Crippen molar-refractivity contribution in [2.45, 2.75) is 37.9 Å². The Kier molecular flexibility index (Phi) is 4.16. The van der Waals surface area contributed by atoms with Crippen molar-refractivity contribution < 1.29 is 4.79 Å². The molecule has 0 saturated heterocycles. The van der Waals surface area contributed by atoms with Crippen LogP contribution >= 0.6 is 0 Å². The van der Waals surface area contributed by atoms with Crippen molar-refractivity contribution in [3.63, 3.8) is 0 Å². The van der Waals surface area contributed by atoms with Gasteiger partial charge < -0.3 is 9.88 Å². The predicted molar refractivity (Wildman–Crippen MR) is 89.7 cm³/mol. The molecule has 5 nitrogen and oxygen atoms in total. The van der Waals surface area contributed by atoms with E-state index in [-0.39, 0.29) is 11.6 Å². The molecular formula is C18H20N4O. The van der Waals surface area contributed by atoms with Crippen molar-refractivity contribution in [3.8, 4) is 12.3 Å². The first-order valence-corrected chi connectivity index (χ1v) is 7.79. The Morgan fingerprint density at radius 3 is 2.91 bits per heavy atom. The Hall–Kier alpha value is -2.61. The van der Waals surface area contributed by atoms with Crippen LogP contribution in [0.5, 0.6) is 0 Å². The molecule has 0 spiro atoms. The molecule has 3 rings (SSSR count). The lowest BCUT2D eigenvalue weighted by molar-refractivity contribution is -0.130. The fourth-order valence-corrected chi connectivity index (χ4v) is 2.72. The zero-order valence-electron chi connectivity index (χ0n) is 13.2. The quantitative estimate of drug-likeness (QED) is 0.782. The van der Waals surface area contributed by atoms with E-state index < -0.39 is 0 Å². The summed E-state index contributed by atoms with van der Waals surface area (Å²) in [5.74, 6) is 2.71. The highest BCUT2D eigenvalue weighted by Gasteiger charge is 2.39. The third kappa shape index (κ3) is 3.59. The molecule has 1 amide bonds. The molecule has 0 unspecified atom stereocenters. The van der Waals surface area contributed by atoms with Gasteiger partial charge >= 0.3 is 0 Å². The van der Waals surface area contributed by atoms with Crippen LogP contribution in [-0.2, 0) is 11.3 Å². The van der Waals surface area contributed by atoms with Crippen molar-refractivity contribution in [2.24, 2.45) is 10.2 Å². The van der Waals surface area contributed by atoms with Crippen LogP contribution in [0.25, 0.3) is 10.9 Å². The topological polar surface area (TPSA) is 60.8 Å². The molecule has 0 atom stereocenters. The number of carbonyl (C=O) groups is 1. The van der Waals surface area contributed by atoms with Crippen molar-refractivity contribution in [1.29, 1.82) is 0 Å².